The van der Waals surface area contributed by atoms with E-state index in [1.165, 1.54) is 18.2 Å². The van der Waals surface area contributed by atoms with Crippen LogP contribution in [0.2, 0.25) is 5.02 Å². The smallest absolute Gasteiger partial charge is 0.305 e. The Labute approximate surface area is 123 Å². The van der Waals surface area contributed by atoms with Gasteiger partial charge in [-0.25, -0.2) is 8.42 Å². The van der Waals surface area contributed by atoms with Gasteiger partial charge in [-0.15, -0.1) is 0 Å². The SMILES string of the molecule is O=C1CC(S(=O)(=O)Cl)CN1c1cccc(Cl)c1[N+](=O)[O-]. The number of nitro groups is 1. The van der Waals surface area contributed by atoms with E-state index >= 15 is 0 Å². The molecule has 1 atom stereocenters. The van der Waals surface area contributed by atoms with Gasteiger partial charge in [0.1, 0.15) is 16.0 Å². The van der Waals surface area contributed by atoms with Crippen molar-refractivity contribution in [3.63, 3.8) is 0 Å². The van der Waals surface area contributed by atoms with Crippen LogP contribution in [0.25, 0.3) is 0 Å². The lowest BCUT2D eigenvalue weighted by atomic mass is 10.2. The maximum absolute atomic E-state index is 11.9. The summed E-state index contributed by atoms with van der Waals surface area (Å²) in [5, 5.41) is 9.81. The van der Waals surface area contributed by atoms with Crippen molar-refractivity contribution >= 4 is 48.6 Å². The first kappa shape index (κ1) is 15.0. The average molecular weight is 339 g/mol. The van der Waals surface area contributed by atoms with Gasteiger partial charge >= 0.3 is 5.69 Å². The molecule has 0 N–H and O–H groups in total. The number of amides is 1. The highest BCUT2D eigenvalue weighted by atomic mass is 35.7. The molecule has 1 aliphatic rings. The molecule has 1 aliphatic heterocycles. The van der Waals surface area contributed by atoms with Gasteiger partial charge in [0.25, 0.3) is 0 Å². The van der Waals surface area contributed by atoms with Crippen molar-refractivity contribution in [2.24, 2.45) is 0 Å². The number of carbonyl (C=O) groups is 1. The fraction of sp³-hybridized carbons (Fsp3) is 0.300. The number of carbonyl (C=O) groups excluding carboxylic acids is 1. The minimum Gasteiger partial charge on any atom is -0.305 e. The standard InChI is InChI=1S/C10H8Cl2N2O5S/c11-7-2-1-3-8(10(7)14(16)17)13-5-6(4-9(13)15)20(12,18)19/h1-3,6H,4-5H2. The van der Waals surface area contributed by atoms with Gasteiger partial charge in [-0.1, -0.05) is 17.7 Å². The van der Waals surface area contributed by atoms with E-state index in [0.717, 1.165) is 4.90 Å². The number of rotatable bonds is 3. The summed E-state index contributed by atoms with van der Waals surface area (Å²) in [6.45, 7) is -0.230. The molecule has 0 radical (unpaired) electrons. The molecular weight excluding hydrogens is 331 g/mol. The molecule has 10 heteroatoms. The zero-order chi connectivity index (χ0) is 15.1. The first-order valence-electron chi connectivity index (χ1n) is 5.38. The van der Waals surface area contributed by atoms with Gasteiger partial charge in [0, 0.05) is 23.6 Å². The van der Waals surface area contributed by atoms with Gasteiger partial charge < -0.3 is 4.90 Å². The third-order valence-corrected chi connectivity index (χ3v) is 5.10. The fourth-order valence-electron chi connectivity index (χ4n) is 2.00. The lowest BCUT2D eigenvalue weighted by molar-refractivity contribution is -0.383. The third-order valence-electron chi connectivity index (χ3n) is 2.93. The number of hydrogen-bond donors (Lipinski definition) is 0. The summed E-state index contributed by atoms with van der Waals surface area (Å²) in [5.41, 5.74) is -0.467. The second-order valence-corrected chi connectivity index (χ2v) is 7.49. The Balaban J connectivity index is 2.46. The zero-order valence-electron chi connectivity index (χ0n) is 9.82. The fourth-order valence-corrected chi connectivity index (χ4v) is 3.26. The molecule has 1 heterocycles. The summed E-state index contributed by atoms with van der Waals surface area (Å²) in [4.78, 5) is 23.2. The molecule has 108 valence electrons. The Kier molecular flexibility index (Phi) is 3.90. The number of benzene rings is 1. The largest absolute Gasteiger partial charge is 0.311 e. The predicted molar refractivity (Wildman–Crippen MR) is 73.6 cm³/mol. The lowest BCUT2D eigenvalue weighted by Crippen LogP contribution is -2.27. The highest BCUT2D eigenvalue weighted by Gasteiger charge is 2.40. The number of halogens is 2. The number of anilines is 1. The van der Waals surface area contributed by atoms with Crippen LogP contribution >= 0.6 is 22.3 Å². The Bertz CT molecular complexity index is 691. The first-order chi connectivity index (χ1) is 9.21. The summed E-state index contributed by atoms with van der Waals surface area (Å²) < 4.78 is 22.5. The summed E-state index contributed by atoms with van der Waals surface area (Å²) in [7, 11) is 1.31. The van der Waals surface area contributed by atoms with Gasteiger partial charge in [0.2, 0.25) is 15.0 Å². The van der Waals surface area contributed by atoms with Gasteiger partial charge in [-0.05, 0) is 12.1 Å². The Morgan fingerprint density at radius 1 is 1.40 bits per heavy atom. The van der Waals surface area contributed by atoms with Crippen LogP contribution in [0.15, 0.2) is 18.2 Å². The molecule has 1 saturated heterocycles. The first-order valence-corrected chi connectivity index (χ1v) is 8.13. The molecule has 1 aromatic carbocycles. The summed E-state index contributed by atoms with van der Waals surface area (Å²) in [6.07, 6.45) is -0.310. The Morgan fingerprint density at radius 2 is 2.05 bits per heavy atom. The Hall–Kier alpha value is -1.38. The van der Waals surface area contributed by atoms with E-state index < -0.39 is 30.8 Å². The van der Waals surface area contributed by atoms with E-state index in [1.807, 2.05) is 0 Å². The highest BCUT2D eigenvalue weighted by molar-refractivity contribution is 8.14. The monoisotopic (exact) mass is 338 g/mol. The van der Waals surface area contributed by atoms with Crippen LogP contribution in [0.1, 0.15) is 6.42 Å². The molecule has 0 bridgehead atoms. The van der Waals surface area contributed by atoms with Crippen molar-refractivity contribution in [1.82, 2.24) is 0 Å². The summed E-state index contributed by atoms with van der Waals surface area (Å²) in [5.74, 6) is -0.551. The van der Waals surface area contributed by atoms with E-state index in [4.69, 9.17) is 22.3 Å². The molecule has 1 unspecified atom stereocenters. The van der Waals surface area contributed by atoms with Crippen molar-refractivity contribution in [2.45, 2.75) is 11.7 Å². The van der Waals surface area contributed by atoms with Crippen LogP contribution in [-0.4, -0.2) is 31.0 Å². The van der Waals surface area contributed by atoms with Crippen molar-refractivity contribution in [3.8, 4) is 0 Å². The van der Waals surface area contributed by atoms with Crippen LogP contribution in [0.3, 0.4) is 0 Å². The molecule has 20 heavy (non-hydrogen) atoms. The maximum Gasteiger partial charge on any atom is 0.311 e. The van der Waals surface area contributed by atoms with Gasteiger partial charge in [-0.2, -0.15) is 0 Å². The van der Waals surface area contributed by atoms with Crippen molar-refractivity contribution < 1.29 is 18.1 Å². The lowest BCUT2D eigenvalue weighted by Gasteiger charge is -2.16. The normalized spacial score (nSPS) is 19.4. The van der Waals surface area contributed by atoms with E-state index in [9.17, 15) is 23.3 Å². The summed E-state index contributed by atoms with van der Waals surface area (Å²) >= 11 is 5.75. The third kappa shape index (κ3) is 2.72. The quantitative estimate of drug-likeness (QED) is 0.476. The van der Waals surface area contributed by atoms with E-state index in [-0.39, 0.29) is 23.7 Å². The van der Waals surface area contributed by atoms with Crippen LogP contribution in [0.5, 0.6) is 0 Å². The average Bonchev–Trinajstić information content (AvgIpc) is 2.70. The molecule has 0 saturated carbocycles. The maximum atomic E-state index is 11.9. The van der Waals surface area contributed by atoms with Gasteiger partial charge in [-0.3, -0.25) is 14.9 Å². The number of para-hydroxylation sites is 1. The number of hydrogen-bond acceptors (Lipinski definition) is 5. The van der Waals surface area contributed by atoms with Crippen LogP contribution < -0.4 is 4.90 Å². The van der Waals surface area contributed by atoms with Crippen LogP contribution in [0, 0.1) is 10.1 Å². The molecule has 0 aromatic heterocycles. The molecular formula is C10H8Cl2N2O5S. The zero-order valence-corrected chi connectivity index (χ0v) is 12.2. The van der Waals surface area contributed by atoms with Crippen molar-refractivity contribution in [1.29, 1.82) is 0 Å². The van der Waals surface area contributed by atoms with Crippen LogP contribution in [-0.2, 0) is 13.8 Å². The summed E-state index contributed by atoms with van der Waals surface area (Å²) in [6, 6.07) is 4.10. The molecule has 0 aliphatic carbocycles. The highest BCUT2D eigenvalue weighted by Crippen LogP contribution is 2.37. The van der Waals surface area contributed by atoms with Crippen molar-refractivity contribution in [3.05, 3.63) is 33.3 Å². The van der Waals surface area contributed by atoms with Gasteiger partial charge in [0.05, 0.1) is 4.92 Å². The number of nitro benzene ring substituents is 1. The molecule has 1 fully saturated rings. The Morgan fingerprint density at radius 3 is 2.55 bits per heavy atom. The minimum atomic E-state index is -3.91. The van der Waals surface area contributed by atoms with E-state index in [0.29, 0.717) is 0 Å². The second-order valence-electron chi connectivity index (χ2n) is 4.17. The topological polar surface area (TPSA) is 97.6 Å². The van der Waals surface area contributed by atoms with Crippen LogP contribution in [0.4, 0.5) is 11.4 Å². The number of nitrogens with zero attached hydrogens (tertiary/aromatic N) is 2. The second kappa shape index (κ2) is 5.19. The van der Waals surface area contributed by atoms with Gasteiger partial charge in [0.15, 0.2) is 0 Å². The predicted octanol–water partition coefficient (Wildman–Crippen LogP) is 1.92. The van der Waals surface area contributed by atoms with E-state index in [2.05, 4.69) is 0 Å². The van der Waals surface area contributed by atoms with E-state index in [1.54, 1.807) is 0 Å². The minimum absolute atomic E-state index is 0.0321. The molecule has 7 nitrogen and oxygen atoms in total. The molecule has 1 aromatic rings. The molecule has 1 amide bonds. The molecule has 0 spiro atoms. The molecule has 2 rings (SSSR count). The van der Waals surface area contributed by atoms with Crippen molar-refractivity contribution in [2.75, 3.05) is 11.4 Å².